The first-order valence-corrected chi connectivity index (χ1v) is 6.67. The van der Waals surface area contributed by atoms with E-state index in [0.29, 0.717) is 79.3 Å². The van der Waals surface area contributed by atoms with Crippen LogP contribution in [0.2, 0.25) is 0 Å². The normalized spacial score (nSPS) is 18.9. The number of rotatable bonds is 0. The molecule has 1 fully saturated rings. The summed E-state index contributed by atoms with van der Waals surface area (Å²) in [6, 6.07) is 0. The molecule has 0 aromatic heterocycles. The van der Waals surface area contributed by atoms with Gasteiger partial charge in [-0.25, -0.2) is 0 Å². The molecule has 1 aliphatic rings. The van der Waals surface area contributed by atoms with Crippen molar-refractivity contribution in [2.45, 2.75) is 0 Å². The van der Waals surface area contributed by atoms with Crippen LogP contribution in [0.25, 0.3) is 0 Å². The van der Waals surface area contributed by atoms with Gasteiger partial charge in [-0.1, -0.05) is 0 Å². The minimum atomic E-state index is 0. The summed E-state index contributed by atoms with van der Waals surface area (Å²) in [6.45, 7) is 11.5. The molecule has 0 aliphatic carbocycles. The second kappa shape index (κ2) is 32.0. The Kier molecular flexibility index (Phi) is 45.8. The second-order valence-corrected chi connectivity index (χ2v) is 3.67. The maximum atomic E-state index is 7.50. The maximum absolute atomic E-state index is 7.50. The predicted molar refractivity (Wildman–Crippen MR) is 68.8 cm³/mol. The molecule has 0 aromatic rings. The molecule has 1 aliphatic heterocycles. The summed E-state index contributed by atoms with van der Waals surface area (Å²) in [6.07, 6.45) is 0. The van der Waals surface area contributed by atoms with Crippen molar-refractivity contribution in [1.29, 1.82) is 0 Å². The summed E-state index contributed by atoms with van der Waals surface area (Å²) in [5.74, 6) is 0. The molecule has 0 amide bonds. The second-order valence-electron chi connectivity index (χ2n) is 3.67. The zero-order valence-electron chi connectivity index (χ0n) is 13.6. The van der Waals surface area contributed by atoms with E-state index in [0.717, 1.165) is 0 Å². The Bertz CT molecular complexity index is 141. The quantitative estimate of drug-likeness (QED) is 0.185. The Labute approximate surface area is 206 Å². The molecule has 1 rings (SSSR count). The average Bonchev–Trinajstić information content (AvgIpc) is 2.49. The van der Waals surface area contributed by atoms with Gasteiger partial charge >= 0.3 is 62.7 Å². The van der Waals surface area contributed by atoms with Crippen LogP contribution in [0.5, 0.6) is 0 Å². The van der Waals surface area contributed by atoms with Gasteiger partial charge in [-0.05, 0) is 0 Å². The predicted octanol–water partition coefficient (Wildman–Crippen LogP) is -5.93. The number of hydrogen-bond acceptors (Lipinski definition) is 6. The molecule has 1 saturated heterocycles. The number of hydrogen-bond donors (Lipinski definition) is 0. The third-order valence-electron chi connectivity index (χ3n) is 2.23. The first kappa shape index (κ1) is 32.9. The van der Waals surface area contributed by atoms with Gasteiger partial charge in [-0.15, -0.1) is 0 Å². The number of halogens is 1. The first-order chi connectivity index (χ1) is 10.0. The van der Waals surface area contributed by atoms with Gasteiger partial charge in [0.25, 0.3) is 0 Å². The largest absolute Gasteiger partial charge is 1.00 e. The zero-order valence-corrected chi connectivity index (χ0v) is 20.3. The molecule has 0 N–H and O–H groups in total. The van der Waals surface area contributed by atoms with E-state index in [-0.39, 0.29) is 89.4 Å². The smallest absolute Gasteiger partial charge is 0 e. The van der Waals surface area contributed by atoms with Crippen LogP contribution in [0.3, 0.4) is 0 Å². The minimum Gasteiger partial charge on any atom is 0 e. The van der Waals surface area contributed by atoms with Crippen molar-refractivity contribution in [3.05, 3.63) is 6.65 Å². The van der Waals surface area contributed by atoms with Gasteiger partial charge in [0.1, 0.15) is 0 Å². The molecule has 1 heterocycles. The fraction of sp³-hybridized carbons (Fsp3) is 0.923. The molecule has 0 aromatic carbocycles. The van der Waals surface area contributed by atoms with E-state index < -0.39 is 0 Å². The summed E-state index contributed by atoms with van der Waals surface area (Å²) in [7, 11) is 0. The van der Waals surface area contributed by atoms with Crippen molar-refractivity contribution in [1.82, 2.24) is 0 Å². The van der Waals surface area contributed by atoms with E-state index in [1.54, 1.807) is 0 Å². The third kappa shape index (κ3) is 29.3. The van der Waals surface area contributed by atoms with Crippen LogP contribution in [0.1, 0.15) is 0 Å². The summed E-state index contributed by atoms with van der Waals surface area (Å²) in [5, 5.41) is 0. The Balaban J connectivity index is -0.000000347. The molecule has 0 spiro atoms. The van der Waals surface area contributed by atoms with Gasteiger partial charge < -0.3 is 45.4 Å². The molecule has 0 bridgehead atoms. The van der Waals surface area contributed by atoms with Gasteiger partial charge in [0.05, 0.1) is 79.3 Å². The molecule has 132 valence electrons. The van der Waals surface area contributed by atoms with Crippen LogP contribution in [0.4, 0.5) is 0 Å². The monoisotopic (exact) mass is 508 g/mol. The van der Waals surface area contributed by atoms with E-state index in [1.165, 1.54) is 0 Å². The van der Waals surface area contributed by atoms with Crippen molar-refractivity contribution < 1.29 is 123 Å². The van der Waals surface area contributed by atoms with Crippen LogP contribution in [-0.2, 0) is 54.1 Å². The topological polar surface area (TPSA) is 75.3 Å². The van der Waals surface area contributed by atoms with E-state index >= 15 is 0 Å². The summed E-state index contributed by atoms with van der Waals surface area (Å²) in [5.41, 5.74) is 0. The molecular weight excluding hydrogens is 483 g/mol. The first-order valence-electron chi connectivity index (χ1n) is 6.67. The van der Waals surface area contributed by atoms with Crippen molar-refractivity contribution >= 4 is 0 Å². The van der Waals surface area contributed by atoms with Crippen LogP contribution in [0.15, 0.2) is 0 Å². The molecule has 0 atom stereocenters. The Morgan fingerprint density at radius 3 is 0.609 bits per heavy atom. The Morgan fingerprint density at radius 1 is 0.435 bits per heavy atom. The van der Waals surface area contributed by atoms with Crippen LogP contribution in [0, 0.1) is 6.65 Å². The summed E-state index contributed by atoms with van der Waals surface area (Å²) >= 11 is 0. The molecule has 23 heavy (non-hydrogen) atoms. The summed E-state index contributed by atoms with van der Waals surface area (Å²) in [4.78, 5) is 0. The molecule has 10 heteroatoms. The minimum absolute atomic E-state index is 0. The van der Waals surface area contributed by atoms with Crippen molar-refractivity contribution in [2.75, 3.05) is 79.3 Å². The van der Waals surface area contributed by atoms with Gasteiger partial charge in [0, 0.05) is 21.1 Å². The molecule has 0 saturated carbocycles. The van der Waals surface area contributed by atoms with Gasteiger partial charge in [0.15, 0.2) is 0 Å². The maximum Gasteiger partial charge on any atom is 1.00 e. The van der Waals surface area contributed by atoms with E-state index in [2.05, 4.69) is 6.65 Å². The fourth-order valence-electron chi connectivity index (χ4n) is 1.32. The van der Waals surface area contributed by atoms with Crippen LogP contribution >= 0.6 is 0 Å². The van der Waals surface area contributed by atoms with E-state index in [1.807, 2.05) is 0 Å². The molecule has 7 nitrogen and oxygen atoms in total. The fourth-order valence-corrected chi connectivity index (χ4v) is 1.32. The zero-order chi connectivity index (χ0) is 14.7. The van der Waals surface area contributed by atoms with Crippen molar-refractivity contribution in [3.63, 3.8) is 0 Å². The van der Waals surface area contributed by atoms with E-state index in [9.17, 15) is 0 Å². The van der Waals surface area contributed by atoms with Gasteiger partial charge in [-0.3, -0.25) is 0 Å². The molecule has 0 unspecified atom stereocenters. The SMILES string of the molecule is C1COCCOCCOCCOCCOCCO1.[Br-].[C-]#[O+].[K+].[Mo]. The molecule has 0 radical (unpaired) electrons. The molecular formula is C13H24BrKMoO7. The van der Waals surface area contributed by atoms with Crippen LogP contribution in [-0.4, -0.2) is 79.3 Å². The van der Waals surface area contributed by atoms with Crippen molar-refractivity contribution in [3.8, 4) is 0 Å². The van der Waals surface area contributed by atoms with E-state index in [4.69, 9.17) is 33.1 Å². The standard InChI is InChI=1S/C12H24O6.CO.BrH.K.Mo/c1-2-14-5-6-16-9-10-18-12-11-17-8-7-15-4-3-13-1;1-2;;;/h1-12H2;;1H;;/q;;;+1;/p-1. The third-order valence-corrected chi connectivity index (χ3v) is 2.23. The van der Waals surface area contributed by atoms with Crippen molar-refractivity contribution in [2.24, 2.45) is 0 Å². The number of ether oxygens (including phenoxy) is 6. The Hall–Kier alpha value is 2.30. The average molecular weight is 507 g/mol. The van der Waals surface area contributed by atoms with Gasteiger partial charge in [0.2, 0.25) is 0 Å². The Morgan fingerprint density at radius 2 is 0.522 bits per heavy atom. The van der Waals surface area contributed by atoms with Crippen LogP contribution < -0.4 is 68.4 Å². The summed E-state index contributed by atoms with van der Waals surface area (Å²) < 4.78 is 39.5. The van der Waals surface area contributed by atoms with Gasteiger partial charge in [-0.2, -0.15) is 0 Å².